The van der Waals surface area contributed by atoms with Crippen LogP contribution >= 0.6 is 11.6 Å². The Balaban J connectivity index is 2.23. The van der Waals surface area contributed by atoms with Crippen molar-refractivity contribution in [1.82, 2.24) is 4.98 Å². The Morgan fingerprint density at radius 1 is 1.40 bits per heavy atom. The molecule has 0 atom stereocenters. The van der Waals surface area contributed by atoms with Crippen LogP contribution in [-0.2, 0) is 0 Å². The Bertz CT molecular complexity index is 611. The van der Waals surface area contributed by atoms with Gasteiger partial charge in [0.25, 0.3) is 5.91 Å². The molecule has 2 aromatic rings. The minimum absolute atomic E-state index is 0.174. The molecule has 0 aliphatic rings. The van der Waals surface area contributed by atoms with Gasteiger partial charge in [-0.3, -0.25) is 4.79 Å². The highest BCUT2D eigenvalue weighted by Gasteiger charge is 2.11. The van der Waals surface area contributed by atoms with Gasteiger partial charge in [0.2, 0.25) is 0 Å². The number of hydrogen-bond donors (Lipinski definition) is 2. The van der Waals surface area contributed by atoms with E-state index in [9.17, 15) is 4.79 Å². The fraction of sp³-hybridized carbons (Fsp3) is 0.143. The maximum atomic E-state index is 12.2. The predicted octanol–water partition coefficient (Wildman–Crippen LogP) is 2.97. The third kappa shape index (κ3) is 3.39. The Hall–Kier alpha value is -2.27. The molecular weight excluding hydrogens is 278 g/mol. The number of pyridine rings is 1. The molecule has 0 unspecified atom stereocenters. The zero-order chi connectivity index (χ0) is 14.5. The molecule has 0 fully saturated rings. The molecule has 1 amide bonds. The average Bonchev–Trinajstić information content (AvgIpc) is 2.40. The second-order valence-corrected chi connectivity index (χ2v) is 4.37. The third-order valence-corrected chi connectivity index (χ3v) is 2.70. The van der Waals surface area contributed by atoms with Crippen LogP contribution in [0, 0.1) is 0 Å². The topological polar surface area (TPSA) is 77.2 Å². The van der Waals surface area contributed by atoms with E-state index in [2.05, 4.69) is 10.3 Å². The van der Waals surface area contributed by atoms with Gasteiger partial charge < -0.3 is 15.8 Å². The lowest BCUT2D eigenvalue weighted by molar-refractivity contribution is 0.102. The highest BCUT2D eigenvalue weighted by Crippen LogP contribution is 2.24. The monoisotopic (exact) mass is 291 g/mol. The highest BCUT2D eigenvalue weighted by atomic mass is 35.5. The molecule has 5 nitrogen and oxygen atoms in total. The summed E-state index contributed by atoms with van der Waals surface area (Å²) in [5.74, 6) is 0.477. The summed E-state index contributed by atoms with van der Waals surface area (Å²) in [7, 11) is 0. The quantitative estimate of drug-likeness (QED) is 0.849. The number of benzene rings is 1. The largest absolute Gasteiger partial charge is 0.492 e. The average molecular weight is 292 g/mol. The van der Waals surface area contributed by atoms with E-state index in [1.807, 2.05) is 19.1 Å². The number of nitrogens with two attached hydrogens (primary N) is 1. The van der Waals surface area contributed by atoms with E-state index in [0.29, 0.717) is 23.6 Å². The van der Waals surface area contributed by atoms with Gasteiger partial charge in [-0.15, -0.1) is 0 Å². The molecule has 0 radical (unpaired) electrons. The number of aromatic nitrogens is 1. The second-order valence-electron chi connectivity index (χ2n) is 3.99. The summed E-state index contributed by atoms with van der Waals surface area (Å²) in [4.78, 5) is 16.0. The van der Waals surface area contributed by atoms with Crippen molar-refractivity contribution < 1.29 is 9.53 Å². The minimum atomic E-state index is -0.326. The van der Waals surface area contributed by atoms with Gasteiger partial charge in [0.05, 0.1) is 12.3 Å². The molecule has 3 N–H and O–H groups in total. The summed E-state index contributed by atoms with van der Waals surface area (Å²) >= 11 is 5.78. The van der Waals surface area contributed by atoms with Crippen LogP contribution in [0.3, 0.4) is 0 Å². The van der Waals surface area contributed by atoms with Gasteiger partial charge in [0.15, 0.2) is 0 Å². The molecule has 0 saturated heterocycles. The van der Waals surface area contributed by atoms with E-state index in [-0.39, 0.29) is 16.9 Å². The van der Waals surface area contributed by atoms with Gasteiger partial charge in [0, 0.05) is 5.56 Å². The van der Waals surface area contributed by atoms with E-state index in [1.165, 1.54) is 12.1 Å². The summed E-state index contributed by atoms with van der Waals surface area (Å²) < 4.78 is 5.44. The summed E-state index contributed by atoms with van der Waals surface area (Å²) in [5.41, 5.74) is 6.50. The van der Waals surface area contributed by atoms with Crippen molar-refractivity contribution in [2.24, 2.45) is 0 Å². The van der Waals surface area contributed by atoms with E-state index in [0.717, 1.165) is 0 Å². The molecule has 1 aromatic carbocycles. The Kier molecular flexibility index (Phi) is 4.42. The molecule has 104 valence electrons. The number of halogens is 1. The number of nitrogen functional groups attached to an aromatic ring is 1. The van der Waals surface area contributed by atoms with Crippen LogP contribution < -0.4 is 15.8 Å². The molecule has 6 heteroatoms. The summed E-state index contributed by atoms with van der Waals surface area (Å²) in [5, 5.41) is 2.93. The number of amides is 1. The van der Waals surface area contributed by atoms with Gasteiger partial charge in [-0.2, -0.15) is 0 Å². The number of anilines is 2. The minimum Gasteiger partial charge on any atom is -0.492 e. The molecule has 0 bridgehead atoms. The first kappa shape index (κ1) is 14.1. The van der Waals surface area contributed by atoms with Crippen LogP contribution in [-0.4, -0.2) is 17.5 Å². The van der Waals surface area contributed by atoms with Crippen LogP contribution in [0.2, 0.25) is 5.15 Å². The molecule has 2 rings (SSSR count). The first-order valence-corrected chi connectivity index (χ1v) is 6.44. The van der Waals surface area contributed by atoms with Crippen LogP contribution in [0.4, 0.5) is 11.5 Å². The number of ether oxygens (including phenoxy) is 1. The van der Waals surface area contributed by atoms with Crippen molar-refractivity contribution >= 4 is 29.0 Å². The van der Waals surface area contributed by atoms with Gasteiger partial charge in [0.1, 0.15) is 16.7 Å². The lowest BCUT2D eigenvalue weighted by atomic mass is 10.2. The van der Waals surface area contributed by atoms with E-state index in [4.69, 9.17) is 22.1 Å². The Morgan fingerprint density at radius 3 is 2.85 bits per heavy atom. The van der Waals surface area contributed by atoms with Crippen LogP contribution in [0.25, 0.3) is 0 Å². The Labute approximate surface area is 121 Å². The Morgan fingerprint density at radius 2 is 2.15 bits per heavy atom. The van der Waals surface area contributed by atoms with Gasteiger partial charge in [-0.05, 0) is 31.2 Å². The molecule has 20 heavy (non-hydrogen) atoms. The fourth-order valence-electron chi connectivity index (χ4n) is 1.69. The smallest absolute Gasteiger partial charge is 0.256 e. The van der Waals surface area contributed by atoms with E-state index in [1.54, 1.807) is 12.1 Å². The summed E-state index contributed by atoms with van der Waals surface area (Å²) in [6.07, 6.45) is 0. The lowest BCUT2D eigenvalue weighted by Gasteiger charge is -2.11. The van der Waals surface area contributed by atoms with Crippen molar-refractivity contribution in [2.75, 3.05) is 17.7 Å². The highest BCUT2D eigenvalue weighted by molar-refractivity contribution is 6.30. The van der Waals surface area contributed by atoms with Crippen LogP contribution in [0.1, 0.15) is 17.3 Å². The van der Waals surface area contributed by atoms with E-state index >= 15 is 0 Å². The van der Waals surface area contributed by atoms with Crippen molar-refractivity contribution in [2.45, 2.75) is 6.92 Å². The number of para-hydroxylation sites is 2. The van der Waals surface area contributed by atoms with Crippen molar-refractivity contribution in [3.63, 3.8) is 0 Å². The number of nitrogens with zero attached hydrogens (tertiary/aromatic N) is 1. The maximum Gasteiger partial charge on any atom is 0.256 e. The van der Waals surface area contributed by atoms with Gasteiger partial charge in [-0.25, -0.2) is 4.98 Å². The fourth-order valence-corrected chi connectivity index (χ4v) is 1.91. The number of carbonyl (C=O) groups is 1. The summed E-state index contributed by atoms with van der Waals surface area (Å²) in [6, 6.07) is 10.1. The molecule has 0 saturated carbocycles. The molecular formula is C14H14ClN3O2. The zero-order valence-corrected chi connectivity index (χ0v) is 11.6. The molecule has 1 aromatic heterocycles. The number of rotatable bonds is 4. The second kappa shape index (κ2) is 6.25. The number of nitrogens with one attached hydrogen (secondary N) is 1. The standard InChI is InChI=1S/C14H14ClN3O2/c1-2-20-11-6-4-3-5-10(11)17-14(19)9-7-12(15)18-13(16)8-9/h3-8H,2H2,1H3,(H2,16,18)(H,17,19). The third-order valence-electron chi connectivity index (χ3n) is 2.51. The van der Waals surface area contributed by atoms with Gasteiger partial charge >= 0.3 is 0 Å². The SMILES string of the molecule is CCOc1ccccc1NC(=O)c1cc(N)nc(Cl)c1. The predicted molar refractivity (Wildman–Crippen MR) is 79.2 cm³/mol. The van der Waals surface area contributed by atoms with Crippen molar-refractivity contribution in [1.29, 1.82) is 0 Å². The number of hydrogen-bond acceptors (Lipinski definition) is 4. The molecule has 1 heterocycles. The maximum absolute atomic E-state index is 12.2. The molecule has 0 spiro atoms. The zero-order valence-electron chi connectivity index (χ0n) is 10.9. The van der Waals surface area contributed by atoms with Crippen molar-refractivity contribution in [3.8, 4) is 5.75 Å². The first-order valence-electron chi connectivity index (χ1n) is 6.06. The number of carbonyl (C=O) groups excluding carboxylic acids is 1. The van der Waals surface area contributed by atoms with E-state index < -0.39 is 0 Å². The normalized spacial score (nSPS) is 10.1. The lowest BCUT2D eigenvalue weighted by Crippen LogP contribution is -2.13. The first-order chi connectivity index (χ1) is 9.60. The van der Waals surface area contributed by atoms with Crippen LogP contribution in [0.15, 0.2) is 36.4 Å². The van der Waals surface area contributed by atoms with Gasteiger partial charge in [-0.1, -0.05) is 23.7 Å². The van der Waals surface area contributed by atoms with Crippen molar-refractivity contribution in [3.05, 3.63) is 47.1 Å². The van der Waals surface area contributed by atoms with Crippen LogP contribution in [0.5, 0.6) is 5.75 Å². The molecule has 0 aliphatic heterocycles. The molecule has 0 aliphatic carbocycles. The summed E-state index contributed by atoms with van der Waals surface area (Å²) in [6.45, 7) is 2.39.